The van der Waals surface area contributed by atoms with Crippen molar-refractivity contribution in [2.24, 2.45) is 5.73 Å². The van der Waals surface area contributed by atoms with Crippen LogP contribution in [-0.2, 0) is 12.6 Å². The molecule has 4 nitrogen and oxygen atoms in total. The number of halogens is 4. The first-order chi connectivity index (χ1) is 8.58. The molecule has 0 aliphatic rings. The lowest BCUT2D eigenvalue weighted by Gasteiger charge is -2.17. The fourth-order valence-electron chi connectivity index (χ4n) is 1.68. The summed E-state index contributed by atoms with van der Waals surface area (Å²) in [7, 11) is 0. The van der Waals surface area contributed by atoms with Crippen LogP contribution in [-0.4, -0.2) is 20.1 Å². The van der Waals surface area contributed by atoms with Gasteiger partial charge in [-0.2, -0.15) is 13.2 Å². The second-order valence-electron chi connectivity index (χ2n) is 5.05. The van der Waals surface area contributed by atoms with E-state index >= 15 is 0 Å². The van der Waals surface area contributed by atoms with Crippen molar-refractivity contribution in [1.29, 1.82) is 0 Å². The van der Waals surface area contributed by atoms with Gasteiger partial charge in [-0.3, -0.25) is 4.40 Å². The van der Waals surface area contributed by atoms with E-state index in [1.54, 1.807) is 13.8 Å². The smallest absolute Gasteiger partial charge is 0.325 e. The standard InChI is InChI=1S/C11H12ClF3N4/c1-10(2,16)4-8-17-18-9-7(12)3-6(5-19(8)9)11(13,14)15/h3,5H,4,16H2,1-2H3. The highest BCUT2D eigenvalue weighted by Gasteiger charge is 2.32. The molecular formula is C11H12ClF3N4. The zero-order chi connectivity index (χ0) is 14.4. The van der Waals surface area contributed by atoms with E-state index in [9.17, 15) is 13.2 Å². The average Bonchev–Trinajstić information content (AvgIpc) is 2.58. The Kier molecular flexibility index (Phi) is 3.22. The van der Waals surface area contributed by atoms with Gasteiger partial charge in [0.15, 0.2) is 5.65 Å². The molecule has 0 bridgehead atoms. The minimum Gasteiger partial charge on any atom is -0.325 e. The van der Waals surface area contributed by atoms with Crippen LogP contribution in [0.5, 0.6) is 0 Å². The topological polar surface area (TPSA) is 56.2 Å². The van der Waals surface area contributed by atoms with Crippen molar-refractivity contribution in [2.45, 2.75) is 32.0 Å². The highest BCUT2D eigenvalue weighted by Crippen LogP contribution is 2.32. The predicted octanol–water partition coefficient (Wildman–Crippen LogP) is 2.68. The van der Waals surface area contributed by atoms with Crippen molar-refractivity contribution >= 4 is 17.2 Å². The third-order valence-corrected chi connectivity index (χ3v) is 2.75. The maximum atomic E-state index is 12.7. The van der Waals surface area contributed by atoms with Gasteiger partial charge in [0, 0.05) is 18.2 Å². The van der Waals surface area contributed by atoms with Crippen LogP contribution >= 0.6 is 11.6 Å². The van der Waals surface area contributed by atoms with Crippen molar-refractivity contribution in [2.75, 3.05) is 0 Å². The van der Waals surface area contributed by atoms with Gasteiger partial charge in [0.05, 0.1) is 10.6 Å². The minimum absolute atomic E-state index is 0.0941. The van der Waals surface area contributed by atoms with Gasteiger partial charge in [-0.15, -0.1) is 10.2 Å². The fourth-order valence-corrected chi connectivity index (χ4v) is 1.93. The normalized spacial score (nSPS) is 13.2. The van der Waals surface area contributed by atoms with E-state index in [-0.39, 0.29) is 17.1 Å². The molecule has 2 aromatic rings. The lowest BCUT2D eigenvalue weighted by atomic mass is 10.0. The third kappa shape index (κ3) is 2.98. The van der Waals surface area contributed by atoms with Crippen LogP contribution in [0.2, 0.25) is 5.02 Å². The maximum Gasteiger partial charge on any atom is 0.417 e. The molecule has 0 aliphatic carbocycles. The molecular weight excluding hydrogens is 281 g/mol. The predicted molar refractivity (Wildman–Crippen MR) is 65.0 cm³/mol. The van der Waals surface area contributed by atoms with Gasteiger partial charge in [-0.05, 0) is 19.9 Å². The number of alkyl halides is 3. The van der Waals surface area contributed by atoms with Crippen LogP contribution in [0.4, 0.5) is 13.2 Å². The Morgan fingerprint density at radius 3 is 2.47 bits per heavy atom. The van der Waals surface area contributed by atoms with Crippen molar-refractivity contribution in [3.63, 3.8) is 0 Å². The number of fused-ring (bicyclic) bond motifs is 1. The molecule has 19 heavy (non-hydrogen) atoms. The molecule has 0 atom stereocenters. The Balaban J connectivity index is 2.60. The van der Waals surface area contributed by atoms with Crippen LogP contribution < -0.4 is 5.73 Å². The summed E-state index contributed by atoms with van der Waals surface area (Å²) < 4.78 is 39.4. The van der Waals surface area contributed by atoms with Gasteiger partial charge in [0.2, 0.25) is 0 Å². The highest BCUT2D eigenvalue weighted by atomic mass is 35.5. The molecule has 0 aliphatic heterocycles. The van der Waals surface area contributed by atoms with E-state index < -0.39 is 17.3 Å². The van der Waals surface area contributed by atoms with Crippen LogP contribution in [0, 0.1) is 0 Å². The number of nitrogens with two attached hydrogens (primary N) is 1. The number of aromatic nitrogens is 3. The monoisotopic (exact) mass is 292 g/mol. The van der Waals surface area contributed by atoms with Crippen LogP contribution in [0.15, 0.2) is 12.3 Å². The van der Waals surface area contributed by atoms with E-state index in [0.717, 1.165) is 12.3 Å². The first-order valence-corrected chi connectivity index (χ1v) is 5.85. The Hall–Kier alpha value is -1.34. The molecule has 0 radical (unpaired) electrons. The second-order valence-corrected chi connectivity index (χ2v) is 5.46. The molecule has 2 aromatic heterocycles. The van der Waals surface area contributed by atoms with Gasteiger partial charge in [-0.1, -0.05) is 11.6 Å². The van der Waals surface area contributed by atoms with Crippen LogP contribution in [0.1, 0.15) is 25.2 Å². The van der Waals surface area contributed by atoms with Gasteiger partial charge in [-0.25, -0.2) is 0 Å². The molecule has 0 amide bonds. The summed E-state index contributed by atoms with van der Waals surface area (Å²) in [6.45, 7) is 3.51. The zero-order valence-electron chi connectivity index (χ0n) is 10.3. The van der Waals surface area contributed by atoms with Crippen LogP contribution in [0.3, 0.4) is 0 Å². The van der Waals surface area contributed by atoms with Crippen molar-refractivity contribution in [1.82, 2.24) is 14.6 Å². The summed E-state index contributed by atoms with van der Waals surface area (Å²) in [5.41, 5.74) is 4.58. The molecule has 0 aromatic carbocycles. The largest absolute Gasteiger partial charge is 0.417 e. The van der Waals surface area contributed by atoms with Crippen LogP contribution in [0.25, 0.3) is 5.65 Å². The molecule has 0 saturated carbocycles. The fraction of sp³-hybridized carbons (Fsp3) is 0.455. The van der Waals surface area contributed by atoms with E-state index in [0.29, 0.717) is 5.82 Å². The number of hydrogen-bond acceptors (Lipinski definition) is 3. The summed E-state index contributed by atoms with van der Waals surface area (Å²) >= 11 is 5.80. The Morgan fingerprint density at radius 1 is 1.32 bits per heavy atom. The summed E-state index contributed by atoms with van der Waals surface area (Å²) in [4.78, 5) is 0. The van der Waals surface area contributed by atoms with Gasteiger partial charge in [0.1, 0.15) is 5.82 Å². The number of nitrogens with zero attached hydrogens (tertiary/aromatic N) is 3. The maximum absolute atomic E-state index is 12.7. The molecule has 0 spiro atoms. The SMILES string of the molecule is CC(C)(N)Cc1nnc2c(Cl)cc(C(F)(F)F)cn12. The van der Waals surface area contributed by atoms with Crippen molar-refractivity contribution in [3.05, 3.63) is 28.7 Å². The number of pyridine rings is 1. The van der Waals surface area contributed by atoms with Gasteiger partial charge < -0.3 is 5.73 Å². The third-order valence-electron chi connectivity index (χ3n) is 2.47. The molecule has 104 valence electrons. The molecule has 2 heterocycles. The van der Waals surface area contributed by atoms with Crippen molar-refractivity contribution in [3.8, 4) is 0 Å². The van der Waals surface area contributed by atoms with Gasteiger partial charge >= 0.3 is 6.18 Å². The average molecular weight is 293 g/mol. The summed E-state index contributed by atoms with van der Waals surface area (Å²) in [6, 6.07) is 0.836. The van der Waals surface area contributed by atoms with E-state index in [4.69, 9.17) is 17.3 Å². The first kappa shape index (κ1) is 14.1. The second kappa shape index (κ2) is 4.35. The lowest BCUT2D eigenvalue weighted by Crippen LogP contribution is -2.35. The lowest BCUT2D eigenvalue weighted by molar-refractivity contribution is -0.137. The molecule has 2 rings (SSSR count). The molecule has 8 heteroatoms. The molecule has 0 fully saturated rings. The van der Waals surface area contributed by atoms with E-state index in [2.05, 4.69) is 10.2 Å². The molecule has 0 saturated heterocycles. The first-order valence-electron chi connectivity index (χ1n) is 5.47. The number of hydrogen-bond donors (Lipinski definition) is 1. The zero-order valence-corrected chi connectivity index (χ0v) is 11.0. The van der Waals surface area contributed by atoms with Crippen molar-refractivity contribution < 1.29 is 13.2 Å². The number of rotatable bonds is 2. The minimum atomic E-state index is -4.47. The Morgan fingerprint density at radius 2 is 1.95 bits per heavy atom. The molecule has 2 N–H and O–H groups in total. The molecule has 0 unspecified atom stereocenters. The summed E-state index contributed by atoms with van der Waals surface area (Å²) in [5.74, 6) is 0.343. The van der Waals surface area contributed by atoms with E-state index in [1.165, 1.54) is 4.40 Å². The quantitative estimate of drug-likeness (QED) is 0.926. The summed E-state index contributed by atoms with van der Waals surface area (Å²) in [6.07, 6.45) is -3.26. The van der Waals surface area contributed by atoms with Gasteiger partial charge in [0.25, 0.3) is 0 Å². The van der Waals surface area contributed by atoms with E-state index in [1.807, 2.05) is 0 Å². The Bertz CT molecular complexity index is 613. The Labute approximate surface area is 112 Å². The summed E-state index contributed by atoms with van der Waals surface area (Å²) in [5, 5.41) is 7.54. The highest BCUT2D eigenvalue weighted by molar-refractivity contribution is 6.33.